The molecule has 1 aromatic carbocycles. The topological polar surface area (TPSA) is 67.8 Å². The van der Waals surface area contributed by atoms with Gasteiger partial charge in [0.1, 0.15) is 5.75 Å². The van der Waals surface area contributed by atoms with Crippen molar-refractivity contribution in [1.29, 1.82) is 0 Å². The van der Waals surface area contributed by atoms with E-state index in [-0.39, 0.29) is 0 Å². The van der Waals surface area contributed by atoms with E-state index >= 15 is 0 Å². The number of hydrogen-bond donors (Lipinski definition) is 2. The summed E-state index contributed by atoms with van der Waals surface area (Å²) in [5.74, 6) is 2.18. The number of nitrogens with zero attached hydrogens (tertiary/aromatic N) is 2. The van der Waals surface area contributed by atoms with Gasteiger partial charge in [-0.05, 0) is 31.9 Å². The predicted molar refractivity (Wildman–Crippen MR) is 109 cm³/mol. The highest BCUT2D eigenvalue weighted by Crippen LogP contribution is 2.22. The molecule has 2 heterocycles. The summed E-state index contributed by atoms with van der Waals surface area (Å²) in [6.07, 6.45) is 2.98. The second-order valence-corrected chi connectivity index (χ2v) is 8.10. The lowest BCUT2D eigenvalue weighted by Gasteiger charge is -2.16. The Bertz CT molecular complexity index is 769. The van der Waals surface area contributed by atoms with E-state index in [1.807, 2.05) is 13.1 Å². The van der Waals surface area contributed by atoms with E-state index in [2.05, 4.69) is 45.7 Å². The van der Waals surface area contributed by atoms with Crippen LogP contribution in [-0.4, -0.2) is 37.8 Å². The molecular formula is C20H28N4O2S. The normalized spacial score (nSPS) is 17.1. The molecule has 0 aliphatic carbocycles. The van der Waals surface area contributed by atoms with Gasteiger partial charge in [0, 0.05) is 42.8 Å². The van der Waals surface area contributed by atoms with Crippen LogP contribution in [-0.2, 0) is 17.8 Å². The summed E-state index contributed by atoms with van der Waals surface area (Å²) < 4.78 is 11.6. The molecule has 1 fully saturated rings. The lowest BCUT2D eigenvalue weighted by atomic mass is 10.1. The summed E-state index contributed by atoms with van der Waals surface area (Å²) in [5.41, 5.74) is 2.32. The van der Waals surface area contributed by atoms with E-state index in [4.69, 9.17) is 9.47 Å². The summed E-state index contributed by atoms with van der Waals surface area (Å²) in [7, 11) is 1.78. The first-order valence-electron chi connectivity index (χ1n) is 9.30. The molecule has 0 amide bonds. The zero-order chi connectivity index (χ0) is 19.1. The number of aliphatic imine (C=N–C) groups is 1. The molecule has 146 valence electrons. The molecule has 2 aromatic rings. The molecule has 27 heavy (non-hydrogen) atoms. The van der Waals surface area contributed by atoms with Crippen molar-refractivity contribution in [2.45, 2.75) is 33.4 Å². The molecule has 2 N–H and O–H groups in total. The molecule has 0 bridgehead atoms. The van der Waals surface area contributed by atoms with Gasteiger partial charge in [0.2, 0.25) is 0 Å². The maximum absolute atomic E-state index is 6.11. The van der Waals surface area contributed by atoms with Crippen molar-refractivity contribution >= 4 is 17.3 Å². The maximum atomic E-state index is 6.11. The molecule has 1 aromatic heterocycles. The molecule has 3 rings (SSSR count). The van der Waals surface area contributed by atoms with Crippen LogP contribution in [0.4, 0.5) is 0 Å². The lowest BCUT2D eigenvalue weighted by Crippen LogP contribution is -2.36. The second kappa shape index (κ2) is 9.71. The van der Waals surface area contributed by atoms with Gasteiger partial charge in [0.15, 0.2) is 5.96 Å². The van der Waals surface area contributed by atoms with Gasteiger partial charge >= 0.3 is 0 Å². The molecule has 0 spiro atoms. The van der Waals surface area contributed by atoms with Crippen LogP contribution in [0.3, 0.4) is 0 Å². The minimum Gasteiger partial charge on any atom is -0.493 e. The number of aromatic nitrogens is 1. The average Bonchev–Trinajstić information content (AvgIpc) is 3.33. The Labute approximate surface area is 165 Å². The monoisotopic (exact) mass is 388 g/mol. The third-order valence-corrected chi connectivity index (χ3v) is 5.40. The Morgan fingerprint density at radius 1 is 1.33 bits per heavy atom. The predicted octanol–water partition coefficient (Wildman–Crippen LogP) is 3.04. The summed E-state index contributed by atoms with van der Waals surface area (Å²) in [4.78, 5) is 9.77. The smallest absolute Gasteiger partial charge is 0.191 e. The molecule has 1 aliphatic rings. The SMILES string of the molecule is CN=C(NCc1cnc(C)s1)NCc1ccc(C)cc1OCC1CCOC1. The minimum absolute atomic E-state index is 0.489. The number of aryl methyl sites for hydroxylation is 2. The maximum Gasteiger partial charge on any atom is 0.191 e. The highest BCUT2D eigenvalue weighted by Gasteiger charge is 2.17. The molecule has 1 unspecified atom stereocenters. The fourth-order valence-corrected chi connectivity index (χ4v) is 3.66. The number of ether oxygens (including phenoxy) is 2. The van der Waals surface area contributed by atoms with Gasteiger partial charge in [0.05, 0.1) is 24.8 Å². The highest BCUT2D eigenvalue weighted by atomic mass is 32.1. The van der Waals surface area contributed by atoms with Crippen LogP contribution in [0.5, 0.6) is 5.75 Å². The van der Waals surface area contributed by atoms with Gasteiger partial charge in [-0.3, -0.25) is 4.99 Å². The fraction of sp³-hybridized carbons (Fsp3) is 0.500. The van der Waals surface area contributed by atoms with Crippen molar-refractivity contribution in [2.24, 2.45) is 10.9 Å². The van der Waals surface area contributed by atoms with Crippen LogP contribution < -0.4 is 15.4 Å². The van der Waals surface area contributed by atoms with Gasteiger partial charge in [-0.15, -0.1) is 11.3 Å². The largest absolute Gasteiger partial charge is 0.493 e. The summed E-state index contributed by atoms with van der Waals surface area (Å²) in [6, 6.07) is 6.32. The number of thiazole rings is 1. The quantitative estimate of drug-likeness (QED) is 0.564. The third-order valence-electron chi connectivity index (χ3n) is 4.49. The Balaban J connectivity index is 1.55. The van der Waals surface area contributed by atoms with E-state index in [1.54, 1.807) is 18.4 Å². The second-order valence-electron chi connectivity index (χ2n) is 6.78. The highest BCUT2D eigenvalue weighted by molar-refractivity contribution is 7.11. The van der Waals surface area contributed by atoms with Crippen LogP contribution >= 0.6 is 11.3 Å². The third kappa shape index (κ3) is 5.94. The average molecular weight is 389 g/mol. The van der Waals surface area contributed by atoms with Gasteiger partial charge < -0.3 is 20.1 Å². The lowest BCUT2D eigenvalue weighted by molar-refractivity contribution is 0.166. The standard InChI is InChI=1S/C20H28N4O2S/c1-14-4-5-17(19(8-14)26-13-16-6-7-25-12-16)9-23-20(21-3)24-11-18-10-22-15(2)27-18/h4-5,8,10,16H,6-7,9,11-13H2,1-3H3,(H2,21,23,24). The van der Waals surface area contributed by atoms with Gasteiger partial charge in [-0.2, -0.15) is 0 Å². The van der Waals surface area contributed by atoms with Crippen LogP contribution in [0.2, 0.25) is 0 Å². The van der Waals surface area contributed by atoms with Crippen molar-refractivity contribution in [2.75, 3.05) is 26.9 Å². The first kappa shape index (κ1) is 19.6. The molecule has 0 saturated carbocycles. The zero-order valence-electron chi connectivity index (χ0n) is 16.2. The Morgan fingerprint density at radius 2 is 2.19 bits per heavy atom. The van der Waals surface area contributed by atoms with Crippen molar-refractivity contribution in [3.8, 4) is 5.75 Å². The molecule has 1 atom stereocenters. The summed E-state index contributed by atoms with van der Waals surface area (Å²) in [5, 5.41) is 7.77. The van der Waals surface area contributed by atoms with E-state index in [0.717, 1.165) is 41.9 Å². The first-order valence-corrected chi connectivity index (χ1v) is 10.1. The molecule has 1 saturated heterocycles. The number of hydrogen-bond acceptors (Lipinski definition) is 5. The molecule has 0 radical (unpaired) electrons. The van der Waals surface area contributed by atoms with Gasteiger partial charge in [0.25, 0.3) is 0 Å². The molecule has 7 heteroatoms. The molecule has 1 aliphatic heterocycles. The Morgan fingerprint density at radius 3 is 2.89 bits per heavy atom. The van der Waals surface area contributed by atoms with Crippen molar-refractivity contribution in [3.05, 3.63) is 45.4 Å². The number of guanidine groups is 1. The van der Waals surface area contributed by atoms with Crippen molar-refractivity contribution in [3.63, 3.8) is 0 Å². The van der Waals surface area contributed by atoms with E-state index in [9.17, 15) is 0 Å². The number of nitrogens with one attached hydrogen (secondary N) is 2. The molecular weight excluding hydrogens is 360 g/mol. The van der Waals surface area contributed by atoms with E-state index in [0.29, 0.717) is 25.6 Å². The van der Waals surface area contributed by atoms with Gasteiger partial charge in [-0.1, -0.05) is 12.1 Å². The minimum atomic E-state index is 0.489. The number of benzene rings is 1. The number of rotatable bonds is 7. The molecule has 6 nitrogen and oxygen atoms in total. The Hall–Kier alpha value is -2.12. The summed E-state index contributed by atoms with van der Waals surface area (Å²) >= 11 is 1.69. The van der Waals surface area contributed by atoms with E-state index in [1.165, 1.54) is 10.4 Å². The van der Waals surface area contributed by atoms with Crippen molar-refractivity contribution in [1.82, 2.24) is 15.6 Å². The van der Waals surface area contributed by atoms with Crippen LogP contribution in [0.1, 0.15) is 27.4 Å². The van der Waals surface area contributed by atoms with Crippen LogP contribution in [0.15, 0.2) is 29.4 Å². The summed E-state index contributed by atoms with van der Waals surface area (Å²) in [6.45, 7) is 7.80. The Kier molecular flexibility index (Phi) is 7.06. The van der Waals surface area contributed by atoms with Gasteiger partial charge in [-0.25, -0.2) is 4.98 Å². The zero-order valence-corrected chi connectivity index (χ0v) is 17.1. The fourth-order valence-electron chi connectivity index (χ4n) is 2.92. The van der Waals surface area contributed by atoms with E-state index < -0.39 is 0 Å². The van der Waals surface area contributed by atoms with Crippen LogP contribution in [0, 0.1) is 19.8 Å². The first-order chi connectivity index (χ1) is 13.1. The van der Waals surface area contributed by atoms with Crippen LogP contribution in [0.25, 0.3) is 0 Å². The van der Waals surface area contributed by atoms with Crippen molar-refractivity contribution < 1.29 is 9.47 Å².